The summed E-state index contributed by atoms with van der Waals surface area (Å²) in [5, 5.41) is 6.06. The summed E-state index contributed by atoms with van der Waals surface area (Å²) in [5.41, 5.74) is 3.33. The summed E-state index contributed by atoms with van der Waals surface area (Å²) in [6.07, 6.45) is 3.71. The van der Waals surface area contributed by atoms with Crippen molar-refractivity contribution in [3.8, 4) is 11.5 Å². The van der Waals surface area contributed by atoms with Gasteiger partial charge in [-0.1, -0.05) is 66.7 Å². The molecular formula is C39H48N4O6. The molecule has 260 valence electrons. The number of amides is 3. The lowest BCUT2D eigenvalue weighted by Gasteiger charge is -2.25. The van der Waals surface area contributed by atoms with E-state index in [-0.39, 0.29) is 28.0 Å². The number of methoxy groups -OCH3 is 2. The summed E-state index contributed by atoms with van der Waals surface area (Å²) in [7, 11) is 6.59. The molecule has 10 heteroatoms. The maximum absolute atomic E-state index is 13.6. The second kappa shape index (κ2) is 18.8. The number of benzene rings is 4. The minimum absolute atomic E-state index is 0. The van der Waals surface area contributed by atoms with Crippen LogP contribution in [0.5, 0.6) is 11.5 Å². The molecule has 4 rings (SSSR count). The van der Waals surface area contributed by atoms with Crippen LogP contribution in [0.3, 0.4) is 0 Å². The van der Waals surface area contributed by atoms with Crippen LogP contribution in [0.1, 0.15) is 14.0 Å². The van der Waals surface area contributed by atoms with Gasteiger partial charge in [-0.25, -0.2) is 0 Å². The van der Waals surface area contributed by atoms with Gasteiger partial charge in [0.25, 0.3) is 0 Å². The molecule has 3 amide bonds. The van der Waals surface area contributed by atoms with E-state index in [1.165, 1.54) is 11.0 Å². The molecule has 0 aliphatic carbocycles. The molecule has 4 aromatic carbocycles. The van der Waals surface area contributed by atoms with E-state index in [2.05, 4.69) is 10.6 Å². The molecule has 0 fully saturated rings. The second-order valence-corrected chi connectivity index (χ2v) is 11.3. The Balaban J connectivity index is 0.00000451. The van der Waals surface area contributed by atoms with E-state index in [4.69, 9.17) is 14.2 Å². The van der Waals surface area contributed by atoms with Crippen LogP contribution in [-0.2, 0) is 32.0 Å². The average Bonchev–Trinajstić information content (AvgIpc) is 3.15. The summed E-state index contributed by atoms with van der Waals surface area (Å²) in [6.45, 7) is 0.192. The molecule has 0 unspecified atom stereocenters. The van der Waals surface area contributed by atoms with Crippen LogP contribution in [0.15, 0.2) is 121 Å². The van der Waals surface area contributed by atoms with Crippen molar-refractivity contribution >= 4 is 29.1 Å². The molecule has 0 saturated carbocycles. The van der Waals surface area contributed by atoms with E-state index < -0.39 is 18.0 Å². The number of carbonyl (C=O) groups excluding carboxylic acids is 3. The Morgan fingerprint density at radius 1 is 0.673 bits per heavy atom. The molecule has 0 radical (unpaired) electrons. The third-order valence-corrected chi connectivity index (χ3v) is 7.97. The fourth-order valence-corrected chi connectivity index (χ4v) is 5.14. The summed E-state index contributed by atoms with van der Waals surface area (Å²) in [4.78, 5) is 43.2. The number of rotatable bonds is 17. The monoisotopic (exact) mass is 668 g/mol. The van der Waals surface area contributed by atoms with Gasteiger partial charge in [-0.15, -0.1) is 0 Å². The summed E-state index contributed by atoms with van der Waals surface area (Å²) in [6, 6.07) is 32.3. The number of nitrogens with zero attached hydrogens (tertiary/aromatic N) is 2. The number of nitrogens with one attached hydrogen (secondary N) is 2. The number of likely N-dealkylation sites (N-methyl/N-ethyl adjacent to an activating group) is 2. The Labute approximate surface area is 291 Å². The molecule has 0 aliphatic heterocycles. The zero-order valence-corrected chi connectivity index (χ0v) is 28.4. The predicted molar refractivity (Wildman–Crippen MR) is 196 cm³/mol. The largest absolute Gasteiger partial charge is 0.497 e. The lowest BCUT2D eigenvalue weighted by atomic mass is 10.0. The van der Waals surface area contributed by atoms with Gasteiger partial charge in [0.1, 0.15) is 17.5 Å². The van der Waals surface area contributed by atoms with Gasteiger partial charge in [-0.2, -0.15) is 0 Å². The Bertz CT molecular complexity index is 1660. The van der Waals surface area contributed by atoms with E-state index in [9.17, 15) is 14.4 Å². The van der Waals surface area contributed by atoms with Gasteiger partial charge in [-0.05, 0) is 66.1 Å². The number of hydrogen-bond acceptors (Lipinski definition) is 7. The molecule has 0 bridgehead atoms. The third-order valence-electron chi connectivity index (χ3n) is 7.97. The van der Waals surface area contributed by atoms with E-state index >= 15 is 0 Å². The van der Waals surface area contributed by atoms with Crippen LogP contribution in [0, 0.1) is 0 Å². The van der Waals surface area contributed by atoms with Crippen molar-refractivity contribution < 1.29 is 31.4 Å². The zero-order valence-electron chi connectivity index (χ0n) is 28.4. The first-order valence-corrected chi connectivity index (χ1v) is 16.0. The SMILES string of the molecule is COc1ccc(N(C)C(=O)[C@H](Cc2ccccc2)NCOC/C=C/C(=O)N[C@@H](Cc2ccccc2)C(=O)N(C)c2ccc(OC)cc2)cc1.[HH].[HH]. The smallest absolute Gasteiger partial charge is 0.249 e. The zero-order chi connectivity index (χ0) is 35.0. The minimum Gasteiger partial charge on any atom is -0.497 e. The van der Waals surface area contributed by atoms with E-state index in [1.807, 2.05) is 84.9 Å². The number of ether oxygens (including phenoxy) is 3. The van der Waals surface area contributed by atoms with Gasteiger partial charge < -0.3 is 29.3 Å². The molecule has 0 aromatic heterocycles. The molecule has 0 aliphatic rings. The topological polar surface area (TPSA) is 109 Å². The predicted octanol–water partition coefficient (Wildman–Crippen LogP) is 5.28. The van der Waals surface area contributed by atoms with Crippen molar-refractivity contribution in [3.63, 3.8) is 0 Å². The molecule has 2 N–H and O–H groups in total. The number of carbonyl (C=O) groups is 3. The first-order chi connectivity index (χ1) is 23.8. The number of hydrogen-bond donors (Lipinski definition) is 2. The Morgan fingerprint density at radius 2 is 1.12 bits per heavy atom. The van der Waals surface area contributed by atoms with Crippen molar-refractivity contribution in [3.05, 3.63) is 132 Å². The highest BCUT2D eigenvalue weighted by atomic mass is 16.5. The van der Waals surface area contributed by atoms with Gasteiger partial charge in [0.05, 0.1) is 33.6 Å². The normalized spacial score (nSPS) is 12.2. The summed E-state index contributed by atoms with van der Waals surface area (Å²) >= 11 is 0. The molecule has 4 aromatic rings. The van der Waals surface area contributed by atoms with Crippen molar-refractivity contribution in [2.24, 2.45) is 0 Å². The quantitative estimate of drug-likeness (QED) is 0.0896. The van der Waals surface area contributed by atoms with Crippen molar-refractivity contribution in [2.75, 3.05) is 51.5 Å². The van der Waals surface area contributed by atoms with Gasteiger partial charge in [0.2, 0.25) is 17.7 Å². The molecule has 10 nitrogen and oxygen atoms in total. The lowest BCUT2D eigenvalue weighted by molar-refractivity contribution is -0.125. The lowest BCUT2D eigenvalue weighted by Crippen LogP contribution is -2.48. The molecule has 2 atom stereocenters. The summed E-state index contributed by atoms with van der Waals surface area (Å²) < 4.78 is 16.2. The highest BCUT2D eigenvalue weighted by molar-refractivity contribution is 6.00. The van der Waals surface area contributed by atoms with Crippen molar-refractivity contribution in [1.82, 2.24) is 10.6 Å². The Hall–Kier alpha value is -5.45. The van der Waals surface area contributed by atoms with Crippen LogP contribution in [0.25, 0.3) is 0 Å². The molecule has 0 saturated heterocycles. The highest BCUT2D eigenvalue weighted by Crippen LogP contribution is 2.21. The maximum atomic E-state index is 13.6. The van der Waals surface area contributed by atoms with Gasteiger partial charge in [0.15, 0.2) is 0 Å². The third kappa shape index (κ3) is 11.1. The van der Waals surface area contributed by atoms with Crippen LogP contribution in [-0.4, -0.2) is 71.5 Å². The van der Waals surface area contributed by atoms with Crippen molar-refractivity contribution in [1.29, 1.82) is 0 Å². The summed E-state index contributed by atoms with van der Waals surface area (Å²) in [5.74, 6) is 0.580. The van der Waals surface area contributed by atoms with Gasteiger partial charge in [-0.3, -0.25) is 19.7 Å². The highest BCUT2D eigenvalue weighted by Gasteiger charge is 2.25. The fraction of sp³-hybridized carbons (Fsp3) is 0.256. The first kappa shape index (κ1) is 36.4. The van der Waals surface area contributed by atoms with E-state index in [0.717, 1.165) is 16.8 Å². The van der Waals surface area contributed by atoms with Gasteiger partial charge >= 0.3 is 0 Å². The average molecular weight is 669 g/mol. The van der Waals surface area contributed by atoms with Crippen LogP contribution in [0.4, 0.5) is 11.4 Å². The van der Waals surface area contributed by atoms with Crippen LogP contribution in [0.2, 0.25) is 0 Å². The molecule has 49 heavy (non-hydrogen) atoms. The first-order valence-electron chi connectivity index (χ1n) is 16.0. The van der Waals surface area contributed by atoms with E-state index in [1.54, 1.807) is 63.6 Å². The second-order valence-electron chi connectivity index (χ2n) is 11.3. The minimum atomic E-state index is -0.804. The molecule has 0 heterocycles. The van der Waals surface area contributed by atoms with Crippen LogP contribution < -0.4 is 29.9 Å². The van der Waals surface area contributed by atoms with Crippen molar-refractivity contribution in [2.45, 2.75) is 24.9 Å². The molecule has 0 spiro atoms. The molecular weight excluding hydrogens is 620 g/mol. The van der Waals surface area contributed by atoms with Gasteiger partial charge in [0, 0.05) is 40.8 Å². The maximum Gasteiger partial charge on any atom is 0.249 e. The Morgan fingerprint density at radius 3 is 1.59 bits per heavy atom. The standard InChI is InChI=1S/C39H44N4O6.2H2/c1-42(31-17-21-33(47-3)22-18-31)38(45)35(26-29-12-7-5-8-13-29)40-28-49-25-11-16-37(44)41-36(27-30-14-9-6-10-15-30)39(46)43(2)32-19-23-34(48-4)24-20-32;;/h5-24,35-36,40H,25-28H2,1-4H3,(H,41,44);2*1H/b16-11+;;/t35-,36-;;/m0../s1. The Kier molecular flexibility index (Phi) is 13.9. The fourth-order valence-electron chi connectivity index (χ4n) is 5.14. The van der Waals surface area contributed by atoms with E-state index in [0.29, 0.717) is 30.0 Å². The van der Waals surface area contributed by atoms with Crippen LogP contribution >= 0.6 is 0 Å². The number of anilines is 2.